The van der Waals surface area contributed by atoms with Gasteiger partial charge in [0.15, 0.2) is 0 Å². The van der Waals surface area contributed by atoms with Crippen molar-refractivity contribution in [3.05, 3.63) is 0 Å². The van der Waals surface area contributed by atoms with Crippen LogP contribution in [0.4, 0.5) is 4.79 Å². The number of rotatable bonds is 5. The maximum atomic E-state index is 13.2. The second-order valence-corrected chi connectivity index (χ2v) is 9.81. The predicted octanol–water partition coefficient (Wildman–Crippen LogP) is 3.17. The zero-order chi connectivity index (χ0) is 21.9. The molecule has 1 N–H and O–H groups in total. The fourth-order valence-corrected chi connectivity index (χ4v) is 3.30. The molecule has 0 spiro atoms. The highest BCUT2D eigenvalue weighted by atomic mass is 16.6. The second-order valence-electron chi connectivity index (χ2n) is 9.81. The Hall–Kier alpha value is -1.79. The van der Waals surface area contributed by atoms with Crippen LogP contribution in [0, 0.1) is 5.41 Å². The van der Waals surface area contributed by atoms with Gasteiger partial charge in [0.1, 0.15) is 17.7 Å². The first kappa shape index (κ1) is 24.2. The lowest BCUT2D eigenvalue weighted by molar-refractivity contribution is -0.141. The molecule has 0 unspecified atom stereocenters. The Balaban J connectivity index is 2.90. The van der Waals surface area contributed by atoms with Gasteiger partial charge in [-0.1, -0.05) is 27.7 Å². The van der Waals surface area contributed by atoms with Crippen molar-refractivity contribution < 1.29 is 19.1 Å². The van der Waals surface area contributed by atoms with Gasteiger partial charge in [0.25, 0.3) is 0 Å². The third-order valence-corrected chi connectivity index (χ3v) is 5.17. The number of ether oxygens (including phenoxy) is 1. The van der Waals surface area contributed by atoms with Gasteiger partial charge >= 0.3 is 6.09 Å². The van der Waals surface area contributed by atoms with E-state index >= 15 is 0 Å². The molecule has 7 nitrogen and oxygen atoms in total. The van der Waals surface area contributed by atoms with Crippen molar-refractivity contribution in [1.82, 2.24) is 15.1 Å². The summed E-state index contributed by atoms with van der Waals surface area (Å²) in [4.78, 5) is 41.5. The molecular formula is C21H39N3O4. The van der Waals surface area contributed by atoms with Crippen molar-refractivity contribution in [2.75, 3.05) is 13.6 Å². The number of carbonyl (C=O) groups is 3. The molecule has 1 saturated heterocycles. The minimum atomic E-state index is -0.756. The van der Waals surface area contributed by atoms with Gasteiger partial charge in [0.2, 0.25) is 11.8 Å². The summed E-state index contributed by atoms with van der Waals surface area (Å²) in [7, 11) is 1.53. The Morgan fingerprint density at radius 1 is 1.18 bits per heavy atom. The molecule has 1 heterocycles. The van der Waals surface area contributed by atoms with Crippen molar-refractivity contribution in [3.8, 4) is 0 Å². The molecule has 1 rings (SSSR count). The minimum absolute atomic E-state index is 0.0441. The molecule has 3 amide bonds. The average Bonchev–Trinajstić information content (AvgIpc) is 3.03. The number of amides is 3. The molecule has 7 heteroatoms. The highest BCUT2D eigenvalue weighted by Crippen LogP contribution is 2.27. The summed E-state index contributed by atoms with van der Waals surface area (Å²) in [6.45, 7) is 15.6. The molecule has 28 heavy (non-hydrogen) atoms. The molecule has 0 aliphatic carbocycles. The smallest absolute Gasteiger partial charge is 0.410 e. The zero-order valence-corrected chi connectivity index (χ0v) is 19.1. The summed E-state index contributed by atoms with van der Waals surface area (Å²) in [6.07, 6.45) is 2.34. The number of likely N-dealkylation sites (N-methyl/N-ethyl adjacent to an activating group) is 1. The maximum Gasteiger partial charge on any atom is 0.410 e. The van der Waals surface area contributed by atoms with E-state index in [9.17, 15) is 14.4 Å². The van der Waals surface area contributed by atoms with Crippen LogP contribution in [0.2, 0.25) is 0 Å². The number of hydrogen-bond donors (Lipinski definition) is 1. The molecule has 0 aromatic carbocycles. The lowest BCUT2D eigenvalue weighted by atomic mass is 9.85. The highest BCUT2D eigenvalue weighted by Gasteiger charge is 2.40. The normalized spacial score (nSPS) is 19.8. The number of carbonyl (C=O) groups excluding carboxylic acids is 3. The third-order valence-electron chi connectivity index (χ3n) is 5.17. The topological polar surface area (TPSA) is 79.0 Å². The first-order valence-corrected chi connectivity index (χ1v) is 10.3. The van der Waals surface area contributed by atoms with E-state index in [-0.39, 0.29) is 17.9 Å². The van der Waals surface area contributed by atoms with Crippen LogP contribution in [0.15, 0.2) is 0 Å². The van der Waals surface area contributed by atoms with Gasteiger partial charge in [-0.05, 0) is 52.4 Å². The minimum Gasteiger partial charge on any atom is -0.444 e. The second kappa shape index (κ2) is 9.14. The van der Waals surface area contributed by atoms with Gasteiger partial charge in [-0.3, -0.25) is 14.5 Å². The van der Waals surface area contributed by atoms with Crippen molar-refractivity contribution in [1.29, 1.82) is 0 Å². The number of hydrogen-bond acceptors (Lipinski definition) is 4. The summed E-state index contributed by atoms with van der Waals surface area (Å²) in [5.74, 6) is -0.411. The van der Waals surface area contributed by atoms with Gasteiger partial charge in [0.05, 0.1) is 0 Å². The third kappa shape index (κ3) is 6.38. The summed E-state index contributed by atoms with van der Waals surface area (Å²) in [6, 6.07) is -1.18. The van der Waals surface area contributed by atoms with Gasteiger partial charge in [-0.2, -0.15) is 0 Å². The first-order chi connectivity index (χ1) is 12.7. The van der Waals surface area contributed by atoms with Crippen LogP contribution < -0.4 is 5.32 Å². The van der Waals surface area contributed by atoms with Crippen LogP contribution in [0.3, 0.4) is 0 Å². The van der Waals surface area contributed by atoms with Crippen molar-refractivity contribution in [2.24, 2.45) is 5.41 Å². The highest BCUT2D eigenvalue weighted by molar-refractivity contribution is 5.91. The van der Waals surface area contributed by atoms with E-state index in [0.29, 0.717) is 0 Å². The van der Waals surface area contributed by atoms with Crippen LogP contribution in [0.5, 0.6) is 0 Å². The van der Waals surface area contributed by atoms with E-state index < -0.39 is 29.2 Å². The van der Waals surface area contributed by atoms with Gasteiger partial charge < -0.3 is 15.0 Å². The Bertz CT molecular complexity index is 577. The summed E-state index contributed by atoms with van der Waals surface area (Å²) in [5.41, 5.74) is -1.09. The lowest BCUT2D eigenvalue weighted by Gasteiger charge is -2.37. The Morgan fingerprint density at radius 2 is 1.75 bits per heavy atom. The van der Waals surface area contributed by atoms with Crippen LogP contribution in [-0.2, 0) is 14.3 Å². The van der Waals surface area contributed by atoms with E-state index in [1.807, 2.05) is 25.7 Å². The molecule has 0 saturated carbocycles. The quantitative estimate of drug-likeness (QED) is 0.773. The van der Waals surface area contributed by atoms with Crippen LogP contribution in [0.25, 0.3) is 0 Å². The van der Waals surface area contributed by atoms with Crippen molar-refractivity contribution in [2.45, 2.75) is 98.4 Å². The molecular weight excluding hydrogens is 358 g/mol. The van der Waals surface area contributed by atoms with E-state index in [1.165, 1.54) is 11.9 Å². The van der Waals surface area contributed by atoms with Crippen LogP contribution >= 0.6 is 0 Å². The van der Waals surface area contributed by atoms with Gasteiger partial charge in [-0.15, -0.1) is 0 Å². The molecule has 1 aliphatic rings. The van der Waals surface area contributed by atoms with E-state index in [2.05, 4.69) is 12.2 Å². The number of likely N-dealkylation sites (tertiary alicyclic amines) is 1. The molecule has 1 aliphatic heterocycles. The molecule has 0 bridgehead atoms. The lowest BCUT2D eigenvalue weighted by Crippen LogP contribution is -2.59. The predicted molar refractivity (Wildman–Crippen MR) is 110 cm³/mol. The standard InChI is InChI=1S/C21H39N3O4/c1-10-15-12-11-13-24(15)18(26)16(20(3,4)5)22-17(25)14(2)23(9)19(27)28-21(6,7)8/h14-16H,10-13H2,1-9H3,(H,22,25)/t14-,15+,16+/m0/s1. The van der Waals surface area contributed by atoms with Crippen molar-refractivity contribution >= 4 is 17.9 Å². The molecule has 0 aromatic rings. The van der Waals surface area contributed by atoms with Gasteiger partial charge in [-0.25, -0.2) is 4.79 Å². The summed E-state index contributed by atoms with van der Waals surface area (Å²) >= 11 is 0. The zero-order valence-electron chi connectivity index (χ0n) is 19.1. The van der Waals surface area contributed by atoms with E-state index in [1.54, 1.807) is 27.7 Å². The fraction of sp³-hybridized carbons (Fsp3) is 0.857. The Morgan fingerprint density at radius 3 is 2.21 bits per heavy atom. The molecule has 1 fully saturated rings. The van der Waals surface area contributed by atoms with Crippen molar-refractivity contribution in [3.63, 3.8) is 0 Å². The van der Waals surface area contributed by atoms with E-state index in [4.69, 9.17) is 4.74 Å². The largest absolute Gasteiger partial charge is 0.444 e. The first-order valence-electron chi connectivity index (χ1n) is 10.3. The molecule has 0 radical (unpaired) electrons. The Kier molecular flexibility index (Phi) is 7.91. The average molecular weight is 398 g/mol. The van der Waals surface area contributed by atoms with Gasteiger partial charge in [0, 0.05) is 19.6 Å². The Labute approximate surface area is 170 Å². The number of nitrogens with zero attached hydrogens (tertiary/aromatic N) is 2. The SMILES string of the molecule is CC[C@@H]1CCCN1C(=O)[C@@H](NC(=O)[C@H](C)N(C)C(=O)OC(C)(C)C)C(C)(C)C. The fourth-order valence-electron chi connectivity index (χ4n) is 3.30. The summed E-state index contributed by atoms with van der Waals surface area (Å²) in [5, 5.41) is 2.90. The monoisotopic (exact) mass is 397 g/mol. The van der Waals surface area contributed by atoms with Crippen LogP contribution in [0.1, 0.15) is 74.7 Å². The molecule has 3 atom stereocenters. The molecule has 0 aromatic heterocycles. The molecule has 162 valence electrons. The van der Waals surface area contributed by atoms with E-state index in [0.717, 1.165) is 25.8 Å². The summed E-state index contributed by atoms with van der Waals surface area (Å²) < 4.78 is 5.33. The maximum absolute atomic E-state index is 13.2. The van der Waals surface area contributed by atoms with Crippen LogP contribution in [-0.4, -0.2) is 65.0 Å². The number of nitrogens with one attached hydrogen (secondary N) is 1.